The quantitative estimate of drug-likeness (QED) is 0.734. The Morgan fingerprint density at radius 2 is 1.56 bits per heavy atom. The number of rotatable bonds is 4. The van der Waals surface area contributed by atoms with Crippen LogP contribution in [0.15, 0.2) is 60.1 Å². The van der Waals surface area contributed by atoms with Gasteiger partial charge in [0.2, 0.25) is 0 Å². The van der Waals surface area contributed by atoms with Crippen molar-refractivity contribution in [1.82, 2.24) is 0 Å². The molecule has 0 saturated carbocycles. The molecule has 0 spiro atoms. The smallest absolute Gasteiger partial charge is 0.118 e. The van der Waals surface area contributed by atoms with Gasteiger partial charge in [0.25, 0.3) is 0 Å². The highest BCUT2D eigenvalue weighted by atomic mass is 16.5. The summed E-state index contributed by atoms with van der Waals surface area (Å²) in [5.74, 6) is 0.850. The highest BCUT2D eigenvalue weighted by molar-refractivity contribution is 5.82. The van der Waals surface area contributed by atoms with Gasteiger partial charge in [-0.3, -0.25) is 4.99 Å². The van der Waals surface area contributed by atoms with E-state index in [1.165, 1.54) is 0 Å². The van der Waals surface area contributed by atoms with E-state index in [0.29, 0.717) is 0 Å². The first-order valence-corrected chi connectivity index (χ1v) is 5.72. The van der Waals surface area contributed by atoms with Gasteiger partial charge in [0.05, 0.1) is 12.8 Å². The van der Waals surface area contributed by atoms with Crippen LogP contribution in [-0.2, 0) is 0 Å². The van der Waals surface area contributed by atoms with Crippen LogP contribution in [-0.4, -0.2) is 13.3 Å². The summed E-state index contributed by atoms with van der Waals surface area (Å²) in [6.07, 6.45) is 3.65. The number of methoxy groups -OCH3 is 1. The van der Waals surface area contributed by atoms with Crippen molar-refractivity contribution in [1.29, 1.82) is 0 Å². The maximum atomic E-state index is 5.10. The lowest BCUT2D eigenvalue weighted by molar-refractivity contribution is 0.415. The standard InChI is InChI=1S/C16H15NO/c1-3-13-4-8-15(9-5-13)17-12-14-6-10-16(18-2)11-7-14/h3-12H,1H2,2H3/b17-12+. The third-order valence-electron chi connectivity index (χ3n) is 2.61. The SMILES string of the molecule is C=Cc1ccc(/N=C/c2ccc(OC)cc2)cc1. The van der Waals surface area contributed by atoms with E-state index in [1.54, 1.807) is 7.11 Å². The van der Waals surface area contributed by atoms with Gasteiger partial charge in [-0.25, -0.2) is 0 Å². The van der Waals surface area contributed by atoms with Crippen molar-refractivity contribution in [2.75, 3.05) is 7.11 Å². The van der Waals surface area contributed by atoms with Gasteiger partial charge in [-0.1, -0.05) is 24.8 Å². The van der Waals surface area contributed by atoms with Crippen LogP contribution in [0.4, 0.5) is 5.69 Å². The van der Waals surface area contributed by atoms with Crippen molar-refractivity contribution >= 4 is 18.0 Å². The maximum absolute atomic E-state index is 5.10. The average Bonchev–Trinajstić information content (AvgIpc) is 2.46. The monoisotopic (exact) mass is 237 g/mol. The Labute approximate surface area is 107 Å². The Morgan fingerprint density at radius 3 is 2.11 bits per heavy atom. The molecule has 2 heteroatoms. The Kier molecular flexibility index (Phi) is 3.92. The molecule has 2 aromatic carbocycles. The molecule has 2 aromatic rings. The first kappa shape index (κ1) is 12.1. The number of hydrogen-bond acceptors (Lipinski definition) is 2. The van der Waals surface area contributed by atoms with Crippen LogP contribution in [0.3, 0.4) is 0 Å². The molecular formula is C16H15NO. The molecule has 0 unspecified atom stereocenters. The second-order valence-corrected chi connectivity index (χ2v) is 3.83. The van der Waals surface area contributed by atoms with Crippen molar-refractivity contribution in [2.24, 2.45) is 4.99 Å². The fraction of sp³-hybridized carbons (Fsp3) is 0.0625. The fourth-order valence-electron chi connectivity index (χ4n) is 1.54. The number of benzene rings is 2. The topological polar surface area (TPSA) is 21.6 Å². The molecule has 0 radical (unpaired) electrons. The summed E-state index contributed by atoms with van der Waals surface area (Å²) in [5, 5.41) is 0. The second-order valence-electron chi connectivity index (χ2n) is 3.83. The summed E-state index contributed by atoms with van der Waals surface area (Å²) in [6.45, 7) is 3.72. The third kappa shape index (κ3) is 3.08. The van der Waals surface area contributed by atoms with Gasteiger partial charge in [-0.15, -0.1) is 0 Å². The third-order valence-corrected chi connectivity index (χ3v) is 2.61. The van der Waals surface area contributed by atoms with E-state index in [2.05, 4.69) is 11.6 Å². The van der Waals surface area contributed by atoms with E-state index in [0.717, 1.165) is 22.6 Å². The first-order valence-electron chi connectivity index (χ1n) is 5.72. The van der Waals surface area contributed by atoms with Gasteiger partial charge < -0.3 is 4.74 Å². The summed E-state index contributed by atoms with van der Waals surface area (Å²) in [6, 6.07) is 15.7. The Hall–Kier alpha value is -2.35. The minimum atomic E-state index is 0.850. The van der Waals surface area contributed by atoms with Crippen molar-refractivity contribution < 1.29 is 4.74 Å². The fourth-order valence-corrected chi connectivity index (χ4v) is 1.54. The molecule has 0 bridgehead atoms. The molecule has 0 aliphatic carbocycles. The lowest BCUT2D eigenvalue weighted by Crippen LogP contribution is -1.84. The van der Waals surface area contributed by atoms with E-state index < -0.39 is 0 Å². The maximum Gasteiger partial charge on any atom is 0.118 e. The molecule has 0 amide bonds. The molecule has 0 N–H and O–H groups in total. The van der Waals surface area contributed by atoms with Gasteiger partial charge in [0.15, 0.2) is 0 Å². The summed E-state index contributed by atoms with van der Waals surface area (Å²) >= 11 is 0. The molecule has 0 aromatic heterocycles. The summed E-state index contributed by atoms with van der Waals surface area (Å²) in [7, 11) is 1.66. The predicted octanol–water partition coefficient (Wildman–Crippen LogP) is 4.09. The molecule has 0 aliphatic heterocycles. The van der Waals surface area contributed by atoms with Gasteiger partial charge in [0.1, 0.15) is 5.75 Å². The minimum Gasteiger partial charge on any atom is -0.497 e. The van der Waals surface area contributed by atoms with Gasteiger partial charge in [-0.05, 0) is 47.5 Å². The molecule has 0 atom stereocenters. The zero-order valence-corrected chi connectivity index (χ0v) is 10.3. The van der Waals surface area contributed by atoms with Gasteiger partial charge in [0, 0.05) is 6.21 Å². The molecule has 0 fully saturated rings. The van der Waals surface area contributed by atoms with E-state index in [1.807, 2.05) is 60.8 Å². The second kappa shape index (κ2) is 5.82. The number of nitrogens with zero attached hydrogens (tertiary/aromatic N) is 1. The highest BCUT2D eigenvalue weighted by Gasteiger charge is 1.92. The van der Waals surface area contributed by atoms with Crippen LogP contribution in [0.2, 0.25) is 0 Å². The van der Waals surface area contributed by atoms with Crippen molar-refractivity contribution in [3.8, 4) is 5.75 Å². The van der Waals surface area contributed by atoms with Crippen LogP contribution >= 0.6 is 0 Å². The van der Waals surface area contributed by atoms with Crippen LogP contribution in [0.1, 0.15) is 11.1 Å². The number of aliphatic imine (C=N–C) groups is 1. The lowest BCUT2D eigenvalue weighted by atomic mass is 10.2. The normalized spacial score (nSPS) is 10.5. The molecule has 18 heavy (non-hydrogen) atoms. The Morgan fingerprint density at radius 1 is 0.944 bits per heavy atom. The van der Waals surface area contributed by atoms with Crippen LogP contribution in [0.5, 0.6) is 5.75 Å². The molecule has 0 heterocycles. The number of hydrogen-bond donors (Lipinski definition) is 0. The van der Waals surface area contributed by atoms with Crippen molar-refractivity contribution in [3.05, 3.63) is 66.2 Å². The van der Waals surface area contributed by atoms with E-state index >= 15 is 0 Å². The van der Waals surface area contributed by atoms with E-state index in [-0.39, 0.29) is 0 Å². The predicted molar refractivity (Wildman–Crippen MR) is 76.8 cm³/mol. The molecule has 90 valence electrons. The minimum absolute atomic E-state index is 0.850. The van der Waals surface area contributed by atoms with Gasteiger partial charge >= 0.3 is 0 Å². The van der Waals surface area contributed by atoms with E-state index in [4.69, 9.17) is 4.74 Å². The largest absolute Gasteiger partial charge is 0.497 e. The number of ether oxygens (including phenoxy) is 1. The zero-order valence-electron chi connectivity index (χ0n) is 10.3. The van der Waals surface area contributed by atoms with Crippen LogP contribution in [0.25, 0.3) is 6.08 Å². The molecule has 2 nitrogen and oxygen atoms in total. The van der Waals surface area contributed by atoms with E-state index in [9.17, 15) is 0 Å². The Balaban J connectivity index is 2.10. The molecular weight excluding hydrogens is 222 g/mol. The average molecular weight is 237 g/mol. The van der Waals surface area contributed by atoms with Crippen molar-refractivity contribution in [2.45, 2.75) is 0 Å². The summed E-state index contributed by atoms with van der Waals surface area (Å²) < 4.78 is 5.10. The first-order chi connectivity index (χ1) is 8.81. The lowest BCUT2D eigenvalue weighted by Gasteiger charge is -1.99. The summed E-state index contributed by atoms with van der Waals surface area (Å²) in [4.78, 5) is 4.41. The van der Waals surface area contributed by atoms with Gasteiger partial charge in [-0.2, -0.15) is 0 Å². The van der Waals surface area contributed by atoms with Crippen molar-refractivity contribution in [3.63, 3.8) is 0 Å². The zero-order chi connectivity index (χ0) is 12.8. The van der Waals surface area contributed by atoms with Crippen LogP contribution in [0, 0.1) is 0 Å². The Bertz CT molecular complexity index is 538. The molecule has 0 aliphatic rings. The highest BCUT2D eigenvalue weighted by Crippen LogP contribution is 2.15. The molecule has 2 rings (SSSR count). The summed E-state index contributed by atoms with van der Waals surface area (Å²) in [5.41, 5.74) is 3.07. The molecule has 0 saturated heterocycles. The van der Waals surface area contributed by atoms with Crippen LogP contribution < -0.4 is 4.74 Å².